The van der Waals surface area contributed by atoms with Crippen LogP contribution in [0.15, 0.2) is 53.3 Å². The quantitative estimate of drug-likeness (QED) is 0.136. The predicted octanol–water partition coefficient (Wildman–Crippen LogP) is 5.95. The SMILES string of the molecule is COC(=O)C(CCC(=O)OC(C)(C)C)N1Cc2cc(N(Cc3ccc4ccc5nc(C)[nH]c(=O)c5c4c3)C(=O)OC(C)(C)C)ccc2C1=O. The molecule has 0 bridgehead atoms. The average Bonchev–Trinajstić information content (AvgIpc) is 3.32. The molecule has 4 aromatic rings. The van der Waals surface area contributed by atoms with Crippen molar-refractivity contribution in [3.05, 3.63) is 81.4 Å². The van der Waals surface area contributed by atoms with Crippen LogP contribution < -0.4 is 10.5 Å². The largest absolute Gasteiger partial charge is 0.467 e. The number of rotatable bonds is 8. The van der Waals surface area contributed by atoms with Crippen molar-refractivity contribution in [1.82, 2.24) is 14.9 Å². The minimum Gasteiger partial charge on any atom is -0.467 e. The standard InChI is InChI=1S/C37H42N4O8/c1-21-38-28-14-11-23-10-9-22(17-27(23)31(28)32(43)39-21)19-40(35(46)49-37(5,6)7)25-12-13-26-24(18-25)20-41(33(26)44)29(34(45)47-8)15-16-30(42)48-36(2,3)4/h9-14,17-18,29H,15-16,19-20H2,1-8H3,(H,38,39,43). The molecule has 12 heteroatoms. The highest BCUT2D eigenvalue weighted by Crippen LogP contribution is 2.32. The van der Waals surface area contributed by atoms with Crippen molar-refractivity contribution in [3.8, 4) is 0 Å². The van der Waals surface area contributed by atoms with E-state index in [1.807, 2.05) is 30.3 Å². The van der Waals surface area contributed by atoms with Gasteiger partial charge in [0.2, 0.25) is 0 Å². The Morgan fingerprint density at radius 2 is 1.65 bits per heavy atom. The molecule has 2 amide bonds. The molecule has 0 saturated heterocycles. The van der Waals surface area contributed by atoms with Crippen LogP contribution in [0.2, 0.25) is 0 Å². The van der Waals surface area contributed by atoms with Crippen LogP contribution in [0.1, 0.15) is 81.7 Å². The van der Waals surface area contributed by atoms with Gasteiger partial charge in [-0.1, -0.05) is 18.2 Å². The van der Waals surface area contributed by atoms with Gasteiger partial charge < -0.3 is 24.1 Å². The number of hydrogen-bond acceptors (Lipinski definition) is 9. The number of ether oxygens (including phenoxy) is 3. The van der Waals surface area contributed by atoms with Gasteiger partial charge in [0.05, 0.1) is 24.6 Å². The summed E-state index contributed by atoms with van der Waals surface area (Å²) < 4.78 is 16.2. The molecule has 1 unspecified atom stereocenters. The minimum absolute atomic E-state index is 0.0206. The number of H-pyrrole nitrogens is 1. The number of aromatic nitrogens is 2. The van der Waals surface area contributed by atoms with Crippen molar-refractivity contribution >= 4 is 51.3 Å². The summed E-state index contributed by atoms with van der Waals surface area (Å²) in [6.07, 6.45) is -0.670. The van der Waals surface area contributed by atoms with Crippen LogP contribution in [0.25, 0.3) is 21.7 Å². The molecule has 3 aromatic carbocycles. The van der Waals surface area contributed by atoms with Crippen molar-refractivity contribution in [3.63, 3.8) is 0 Å². The van der Waals surface area contributed by atoms with Crippen molar-refractivity contribution in [2.45, 2.75) is 91.6 Å². The molecule has 0 radical (unpaired) electrons. The molecule has 258 valence electrons. The summed E-state index contributed by atoms with van der Waals surface area (Å²) in [5.74, 6) is -1.01. The van der Waals surface area contributed by atoms with Gasteiger partial charge in [-0.05, 0) is 107 Å². The molecule has 5 rings (SSSR count). The Hall–Kier alpha value is -5.26. The monoisotopic (exact) mass is 670 g/mol. The van der Waals surface area contributed by atoms with Crippen LogP contribution >= 0.6 is 0 Å². The minimum atomic E-state index is -1.02. The summed E-state index contributed by atoms with van der Waals surface area (Å²) in [7, 11) is 1.23. The number of hydrogen-bond donors (Lipinski definition) is 1. The second-order valence-corrected chi connectivity index (χ2v) is 14.2. The number of fused-ring (bicyclic) bond motifs is 4. The Morgan fingerprint density at radius 3 is 2.33 bits per heavy atom. The van der Waals surface area contributed by atoms with Crippen LogP contribution in [-0.4, -0.2) is 63.2 Å². The maximum atomic E-state index is 13.7. The van der Waals surface area contributed by atoms with E-state index < -0.39 is 35.3 Å². The lowest BCUT2D eigenvalue weighted by atomic mass is 10.0. The summed E-state index contributed by atoms with van der Waals surface area (Å²) in [6.45, 7) is 12.5. The van der Waals surface area contributed by atoms with E-state index in [2.05, 4.69) is 9.97 Å². The summed E-state index contributed by atoms with van der Waals surface area (Å²) in [5, 5.41) is 2.00. The molecule has 0 fully saturated rings. The summed E-state index contributed by atoms with van der Waals surface area (Å²) >= 11 is 0. The van der Waals surface area contributed by atoms with Crippen LogP contribution in [0.4, 0.5) is 10.5 Å². The zero-order valence-electron chi connectivity index (χ0n) is 29.1. The lowest BCUT2D eigenvalue weighted by Crippen LogP contribution is -2.42. The highest BCUT2D eigenvalue weighted by molar-refractivity contribution is 6.06. The van der Waals surface area contributed by atoms with Crippen LogP contribution in [-0.2, 0) is 36.9 Å². The first-order valence-electron chi connectivity index (χ1n) is 16.1. The zero-order chi connectivity index (χ0) is 35.8. The molecule has 0 saturated carbocycles. The predicted molar refractivity (Wildman–Crippen MR) is 184 cm³/mol. The Labute approximate surface area is 284 Å². The van der Waals surface area contributed by atoms with Crippen molar-refractivity contribution < 1.29 is 33.4 Å². The van der Waals surface area contributed by atoms with Crippen molar-refractivity contribution in [2.24, 2.45) is 0 Å². The molecule has 1 aliphatic heterocycles. The molecular formula is C37H42N4O8. The Bertz CT molecular complexity index is 2020. The third kappa shape index (κ3) is 7.90. The number of nitrogens with zero attached hydrogens (tertiary/aromatic N) is 3. The molecule has 2 heterocycles. The van der Waals surface area contributed by atoms with Gasteiger partial charge in [-0.15, -0.1) is 0 Å². The summed E-state index contributed by atoms with van der Waals surface area (Å²) in [5.41, 5.74) is 1.01. The fourth-order valence-electron chi connectivity index (χ4n) is 5.92. The lowest BCUT2D eigenvalue weighted by Gasteiger charge is -2.28. The molecule has 0 spiro atoms. The maximum Gasteiger partial charge on any atom is 0.415 e. The topological polar surface area (TPSA) is 148 Å². The average molecular weight is 671 g/mol. The molecule has 49 heavy (non-hydrogen) atoms. The Kier molecular flexibility index (Phi) is 9.54. The van der Waals surface area contributed by atoms with Crippen molar-refractivity contribution in [2.75, 3.05) is 12.0 Å². The van der Waals surface area contributed by atoms with Crippen molar-refractivity contribution in [1.29, 1.82) is 0 Å². The van der Waals surface area contributed by atoms with Gasteiger partial charge in [0.25, 0.3) is 11.5 Å². The summed E-state index contributed by atoms with van der Waals surface area (Å²) in [4.78, 5) is 75.6. The van der Waals surface area contributed by atoms with Crippen LogP contribution in [0, 0.1) is 6.92 Å². The van der Waals surface area contributed by atoms with E-state index in [1.165, 1.54) is 16.9 Å². The van der Waals surface area contributed by atoms with Gasteiger partial charge in [-0.2, -0.15) is 0 Å². The maximum absolute atomic E-state index is 13.7. The smallest absolute Gasteiger partial charge is 0.415 e. The van der Waals surface area contributed by atoms with E-state index in [9.17, 15) is 24.0 Å². The van der Waals surface area contributed by atoms with Crippen LogP contribution in [0.5, 0.6) is 0 Å². The number of carbonyl (C=O) groups excluding carboxylic acids is 4. The fourth-order valence-corrected chi connectivity index (χ4v) is 5.92. The molecule has 0 aliphatic carbocycles. The number of aromatic amines is 1. The molecule has 1 aromatic heterocycles. The Balaban J connectivity index is 1.47. The van der Waals surface area contributed by atoms with E-state index in [0.717, 1.165) is 10.9 Å². The number of aryl methyl sites for hydroxylation is 1. The zero-order valence-corrected chi connectivity index (χ0v) is 29.1. The number of carbonyl (C=O) groups is 4. The lowest BCUT2D eigenvalue weighted by molar-refractivity contribution is -0.155. The second-order valence-electron chi connectivity index (χ2n) is 14.2. The normalized spacial score (nSPS) is 13.7. The first-order chi connectivity index (χ1) is 22.9. The number of methoxy groups -OCH3 is 1. The van der Waals surface area contributed by atoms with E-state index in [1.54, 1.807) is 66.7 Å². The van der Waals surface area contributed by atoms with E-state index in [-0.39, 0.29) is 37.4 Å². The highest BCUT2D eigenvalue weighted by Gasteiger charge is 2.38. The first kappa shape index (κ1) is 35.1. The van der Waals surface area contributed by atoms with E-state index in [4.69, 9.17) is 14.2 Å². The first-order valence-corrected chi connectivity index (χ1v) is 16.1. The third-order valence-corrected chi connectivity index (χ3v) is 7.95. The van der Waals surface area contributed by atoms with Gasteiger partial charge in [-0.25, -0.2) is 14.6 Å². The number of amides is 2. The Morgan fingerprint density at radius 1 is 0.959 bits per heavy atom. The number of nitrogens with one attached hydrogen (secondary N) is 1. The molecule has 12 nitrogen and oxygen atoms in total. The molecular weight excluding hydrogens is 628 g/mol. The second kappa shape index (κ2) is 13.3. The fraction of sp³-hybridized carbons (Fsp3) is 0.405. The number of anilines is 1. The van der Waals surface area contributed by atoms with Gasteiger partial charge >= 0.3 is 18.0 Å². The number of esters is 2. The third-order valence-electron chi connectivity index (χ3n) is 7.95. The van der Waals surface area contributed by atoms with Crippen LogP contribution in [0.3, 0.4) is 0 Å². The van der Waals surface area contributed by atoms with Gasteiger partial charge in [0.1, 0.15) is 23.1 Å². The molecule has 1 aliphatic rings. The van der Waals surface area contributed by atoms with E-state index >= 15 is 0 Å². The molecule has 1 N–H and O–H groups in total. The van der Waals surface area contributed by atoms with Gasteiger partial charge in [0, 0.05) is 24.2 Å². The molecule has 1 atom stereocenters. The van der Waals surface area contributed by atoms with Gasteiger partial charge in [-0.3, -0.25) is 19.3 Å². The highest BCUT2D eigenvalue weighted by atomic mass is 16.6. The van der Waals surface area contributed by atoms with Gasteiger partial charge in [0.15, 0.2) is 0 Å². The summed E-state index contributed by atoms with van der Waals surface area (Å²) in [6, 6.07) is 13.3. The van der Waals surface area contributed by atoms with E-state index in [0.29, 0.717) is 38.9 Å². The number of benzene rings is 3.